The molecule has 0 N–H and O–H groups in total. The number of hydrogen-bond donors (Lipinski definition) is 0. The lowest BCUT2D eigenvalue weighted by Gasteiger charge is -2.49. The van der Waals surface area contributed by atoms with Crippen molar-refractivity contribution < 1.29 is 4.74 Å². The van der Waals surface area contributed by atoms with Crippen LogP contribution in [0.5, 0.6) is 0 Å². The molecule has 3 atom stereocenters. The molecule has 2 heterocycles. The molecule has 0 aromatic heterocycles. The zero-order chi connectivity index (χ0) is 10.1. The van der Waals surface area contributed by atoms with E-state index in [9.17, 15) is 0 Å². The maximum absolute atomic E-state index is 5.78. The van der Waals surface area contributed by atoms with E-state index in [1.807, 2.05) is 0 Å². The normalized spacial score (nSPS) is 40.9. The van der Waals surface area contributed by atoms with Gasteiger partial charge in [-0.25, -0.2) is 0 Å². The minimum Gasteiger partial charge on any atom is -0.375 e. The van der Waals surface area contributed by atoms with Gasteiger partial charge < -0.3 is 9.64 Å². The Morgan fingerprint density at radius 1 is 1.29 bits per heavy atom. The monoisotopic (exact) mass is 198 g/mol. The minimum atomic E-state index is 0.402. The Hall–Kier alpha value is -0.120. The second-order valence-corrected chi connectivity index (χ2v) is 4.56. The summed E-state index contributed by atoms with van der Waals surface area (Å²) in [5, 5.41) is 0. The first kappa shape index (κ1) is 10.4. The number of hydrogen-bond acceptors (Lipinski definition) is 3. The second-order valence-electron chi connectivity index (χ2n) is 4.56. The molecule has 0 spiro atoms. The molecule has 0 amide bonds. The average Bonchev–Trinajstić information content (AvgIpc) is 2.23. The number of ether oxygens (including phenoxy) is 1. The second kappa shape index (κ2) is 4.17. The first-order chi connectivity index (χ1) is 6.72. The Morgan fingerprint density at radius 2 is 2.07 bits per heavy atom. The van der Waals surface area contributed by atoms with Gasteiger partial charge in [0.15, 0.2) is 0 Å². The molecule has 2 aliphatic heterocycles. The highest BCUT2D eigenvalue weighted by Gasteiger charge is 2.36. The van der Waals surface area contributed by atoms with Gasteiger partial charge in [-0.3, -0.25) is 4.90 Å². The molecule has 0 aliphatic carbocycles. The van der Waals surface area contributed by atoms with Crippen LogP contribution in [-0.4, -0.2) is 60.8 Å². The maximum Gasteiger partial charge on any atom is 0.0700 e. The third-order valence-corrected chi connectivity index (χ3v) is 3.81. The van der Waals surface area contributed by atoms with Crippen LogP contribution in [-0.2, 0) is 4.74 Å². The van der Waals surface area contributed by atoms with Crippen LogP contribution in [0.2, 0.25) is 0 Å². The minimum absolute atomic E-state index is 0.402. The predicted molar refractivity (Wildman–Crippen MR) is 57.5 cm³/mol. The molecular weight excluding hydrogens is 176 g/mol. The van der Waals surface area contributed by atoms with Gasteiger partial charge in [-0.1, -0.05) is 6.92 Å². The van der Waals surface area contributed by atoms with Crippen molar-refractivity contribution in [1.82, 2.24) is 9.80 Å². The van der Waals surface area contributed by atoms with Gasteiger partial charge in [0.05, 0.1) is 12.7 Å². The highest BCUT2D eigenvalue weighted by molar-refractivity contribution is 4.90. The van der Waals surface area contributed by atoms with Crippen LogP contribution < -0.4 is 0 Å². The molecule has 2 aliphatic rings. The van der Waals surface area contributed by atoms with Crippen LogP contribution in [0.4, 0.5) is 0 Å². The number of fused-ring (bicyclic) bond motifs is 1. The van der Waals surface area contributed by atoms with E-state index in [2.05, 4.69) is 30.6 Å². The molecule has 14 heavy (non-hydrogen) atoms. The zero-order valence-corrected chi connectivity index (χ0v) is 9.57. The fourth-order valence-corrected chi connectivity index (χ4v) is 2.58. The molecule has 0 aromatic carbocycles. The van der Waals surface area contributed by atoms with Gasteiger partial charge in [-0.2, -0.15) is 0 Å². The maximum atomic E-state index is 5.78. The van der Waals surface area contributed by atoms with E-state index >= 15 is 0 Å². The highest BCUT2D eigenvalue weighted by atomic mass is 16.5. The zero-order valence-electron chi connectivity index (χ0n) is 9.57. The summed E-state index contributed by atoms with van der Waals surface area (Å²) in [5.74, 6) is 0. The Bertz CT molecular complexity index is 198. The molecule has 0 aromatic rings. The van der Waals surface area contributed by atoms with Gasteiger partial charge in [-0.15, -0.1) is 0 Å². The Balaban J connectivity index is 1.98. The van der Waals surface area contributed by atoms with Crippen molar-refractivity contribution in [2.24, 2.45) is 0 Å². The predicted octanol–water partition coefficient (Wildman–Crippen LogP) is 0.800. The van der Waals surface area contributed by atoms with Crippen LogP contribution in [0.25, 0.3) is 0 Å². The Kier molecular flexibility index (Phi) is 3.10. The number of nitrogens with zero attached hydrogens (tertiary/aromatic N) is 2. The van der Waals surface area contributed by atoms with Crippen molar-refractivity contribution >= 4 is 0 Å². The number of piperazine rings is 1. The van der Waals surface area contributed by atoms with Crippen LogP contribution >= 0.6 is 0 Å². The van der Waals surface area contributed by atoms with E-state index in [4.69, 9.17) is 4.74 Å². The third-order valence-electron chi connectivity index (χ3n) is 3.81. The summed E-state index contributed by atoms with van der Waals surface area (Å²) in [6.45, 7) is 12.4. The lowest BCUT2D eigenvalue weighted by molar-refractivity contribution is -0.113. The molecule has 0 radical (unpaired) electrons. The fourth-order valence-electron chi connectivity index (χ4n) is 2.58. The molecule has 82 valence electrons. The summed E-state index contributed by atoms with van der Waals surface area (Å²) in [5.41, 5.74) is 0. The smallest absolute Gasteiger partial charge is 0.0700 e. The lowest BCUT2D eigenvalue weighted by atomic mass is 10.0. The SMILES string of the molecule is CCN1CCN2C(CO[C@@H](C)[C@H]2C)C1. The van der Waals surface area contributed by atoms with Crippen LogP contribution in [0.1, 0.15) is 20.8 Å². The first-order valence-electron chi connectivity index (χ1n) is 5.82. The van der Waals surface area contributed by atoms with Gasteiger partial charge in [0, 0.05) is 31.7 Å². The number of likely N-dealkylation sites (N-methyl/N-ethyl adjacent to an activating group) is 1. The third kappa shape index (κ3) is 1.81. The summed E-state index contributed by atoms with van der Waals surface area (Å²) in [6, 6.07) is 1.22. The van der Waals surface area contributed by atoms with Crippen molar-refractivity contribution in [2.45, 2.75) is 39.0 Å². The summed E-state index contributed by atoms with van der Waals surface area (Å²) in [7, 11) is 0. The molecule has 1 unspecified atom stereocenters. The fraction of sp³-hybridized carbons (Fsp3) is 1.00. The lowest BCUT2D eigenvalue weighted by Crippen LogP contribution is -2.63. The van der Waals surface area contributed by atoms with Gasteiger partial charge in [0.25, 0.3) is 0 Å². The van der Waals surface area contributed by atoms with Crippen molar-refractivity contribution in [3.8, 4) is 0 Å². The first-order valence-corrected chi connectivity index (χ1v) is 5.82. The van der Waals surface area contributed by atoms with E-state index in [0.717, 1.165) is 6.61 Å². The summed E-state index contributed by atoms with van der Waals surface area (Å²) in [6.07, 6.45) is 0.402. The van der Waals surface area contributed by atoms with E-state index < -0.39 is 0 Å². The molecule has 2 saturated heterocycles. The van der Waals surface area contributed by atoms with Crippen molar-refractivity contribution in [3.63, 3.8) is 0 Å². The molecule has 3 nitrogen and oxygen atoms in total. The van der Waals surface area contributed by atoms with E-state index in [1.165, 1.54) is 26.2 Å². The number of morpholine rings is 1. The Labute approximate surface area is 87.0 Å². The summed E-state index contributed by atoms with van der Waals surface area (Å²) >= 11 is 0. The highest BCUT2D eigenvalue weighted by Crippen LogP contribution is 2.21. The molecule has 2 rings (SSSR count). The van der Waals surface area contributed by atoms with Crippen molar-refractivity contribution in [3.05, 3.63) is 0 Å². The van der Waals surface area contributed by atoms with Gasteiger partial charge in [0.1, 0.15) is 0 Å². The number of rotatable bonds is 1. The standard InChI is InChI=1S/C11H22N2O/c1-4-12-5-6-13-9(2)10(3)14-8-11(13)7-12/h9-11H,4-8H2,1-3H3/t9-,10+,11?/m1/s1. The van der Waals surface area contributed by atoms with Gasteiger partial charge in [-0.05, 0) is 20.4 Å². The van der Waals surface area contributed by atoms with Crippen molar-refractivity contribution in [2.75, 3.05) is 32.8 Å². The van der Waals surface area contributed by atoms with E-state index in [0.29, 0.717) is 18.2 Å². The van der Waals surface area contributed by atoms with Crippen LogP contribution in [0.15, 0.2) is 0 Å². The molecular formula is C11H22N2O. The molecule has 3 heteroatoms. The molecule has 2 fully saturated rings. The largest absolute Gasteiger partial charge is 0.375 e. The summed E-state index contributed by atoms with van der Waals surface area (Å²) in [4.78, 5) is 5.15. The quantitative estimate of drug-likeness (QED) is 0.620. The molecule has 0 bridgehead atoms. The van der Waals surface area contributed by atoms with Gasteiger partial charge >= 0.3 is 0 Å². The Morgan fingerprint density at radius 3 is 2.79 bits per heavy atom. The van der Waals surface area contributed by atoms with Crippen LogP contribution in [0.3, 0.4) is 0 Å². The van der Waals surface area contributed by atoms with Gasteiger partial charge in [0.2, 0.25) is 0 Å². The van der Waals surface area contributed by atoms with E-state index in [1.54, 1.807) is 0 Å². The average molecular weight is 198 g/mol. The summed E-state index contributed by atoms with van der Waals surface area (Å²) < 4.78 is 5.78. The van der Waals surface area contributed by atoms with E-state index in [-0.39, 0.29) is 0 Å². The molecule has 0 saturated carbocycles. The van der Waals surface area contributed by atoms with Crippen molar-refractivity contribution in [1.29, 1.82) is 0 Å². The van der Waals surface area contributed by atoms with Crippen LogP contribution in [0, 0.1) is 0 Å². The topological polar surface area (TPSA) is 15.7 Å².